The molecule has 0 saturated heterocycles. The van der Waals surface area contributed by atoms with Crippen molar-refractivity contribution in [3.8, 4) is 11.5 Å². The van der Waals surface area contributed by atoms with E-state index in [4.69, 9.17) is 16.2 Å². The van der Waals surface area contributed by atoms with Crippen LogP contribution >= 0.6 is 0 Å². The number of hydrogen-bond acceptors (Lipinski definition) is 6. The molecule has 0 amide bonds. The molecular weight excluding hydrogens is 546 g/mol. The highest BCUT2D eigenvalue weighted by Gasteiger charge is 2.57. The number of nitrogen functional groups attached to an aromatic ring is 2. The van der Waals surface area contributed by atoms with Gasteiger partial charge in [0, 0.05) is 23.4 Å². The van der Waals surface area contributed by atoms with Crippen LogP contribution < -0.4 is 20.9 Å². The number of aliphatic carboxylic acids is 1. The molecule has 3 aromatic carbocycles. The van der Waals surface area contributed by atoms with Crippen molar-refractivity contribution in [3.63, 3.8) is 0 Å². The third kappa shape index (κ3) is 8.16. The molecule has 0 radical (unpaired) electrons. The number of esters is 1. The van der Waals surface area contributed by atoms with Gasteiger partial charge in [0.25, 0.3) is 6.17 Å². The highest BCUT2D eigenvalue weighted by molar-refractivity contribution is 5.93. The molecule has 0 bridgehead atoms. The van der Waals surface area contributed by atoms with Crippen molar-refractivity contribution in [1.29, 1.82) is 0 Å². The van der Waals surface area contributed by atoms with E-state index in [1.807, 2.05) is 0 Å². The summed E-state index contributed by atoms with van der Waals surface area (Å²) in [6, 6.07) is 14.9. The van der Waals surface area contributed by atoms with E-state index in [-0.39, 0.29) is 29.1 Å². The number of anilines is 2. The van der Waals surface area contributed by atoms with Crippen LogP contribution in [0.15, 0.2) is 72.3 Å². The first-order chi connectivity index (χ1) is 18.6. The van der Waals surface area contributed by atoms with Gasteiger partial charge in [-0.3, -0.25) is 0 Å². The summed E-state index contributed by atoms with van der Waals surface area (Å²) in [6.07, 6.45) is -8.67. The lowest BCUT2D eigenvalue weighted by Crippen LogP contribution is -2.45. The van der Waals surface area contributed by atoms with Gasteiger partial charge in [-0.15, -0.1) is 0 Å². The molecular formula is C27H22F6N2O5. The molecule has 3 aromatic rings. The molecule has 0 fully saturated rings. The van der Waals surface area contributed by atoms with Crippen LogP contribution in [0.5, 0.6) is 11.5 Å². The predicted octanol–water partition coefficient (Wildman–Crippen LogP) is 5.70. The van der Waals surface area contributed by atoms with Gasteiger partial charge < -0.3 is 26.0 Å². The number of carbonyl (C=O) groups is 2. The topological polar surface area (TPSA) is 125 Å². The van der Waals surface area contributed by atoms with Crippen molar-refractivity contribution in [1.82, 2.24) is 0 Å². The summed E-state index contributed by atoms with van der Waals surface area (Å²) < 4.78 is 86.1. The quantitative estimate of drug-likeness (QED) is 0.0943. The van der Waals surface area contributed by atoms with E-state index in [2.05, 4.69) is 4.74 Å². The minimum absolute atomic E-state index is 0.0451. The molecule has 212 valence electrons. The Morgan fingerprint density at radius 1 is 0.875 bits per heavy atom. The summed E-state index contributed by atoms with van der Waals surface area (Å²) in [6.45, 7) is -1.87. The standard InChI is InChI=1S/C27H22F6N2O5/c28-25(27(31,32)33)26(29,30)14-39-21-7-3-17(4-8-21)24(38)40-22-5-1-15(2-6-22)9-18(23(36)37)10-16-11-19(34)13-20(35)12-16/h1-9,11-13,25H,10,14,34-35H2,(H,36,37). The molecule has 1 atom stereocenters. The normalized spacial score (nSPS) is 13.0. The van der Waals surface area contributed by atoms with Crippen LogP contribution in [-0.2, 0) is 11.2 Å². The third-order valence-corrected chi connectivity index (χ3v) is 5.32. The molecule has 0 saturated carbocycles. The van der Waals surface area contributed by atoms with E-state index in [1.165, 1.54) is 30.3 Å². The molecule has 0 aliphatic heterocycles. The van der Waals surface area contributed by atoms with Gasteiger partial charge in [0.15, 0.2) is 6.61 Å². The van der Waals surface area contributed by atoms with Crippen LogP contribution in [0.2, 0.25) is 0 Å². The van der Waals surface area contributed by atoms with Crippen molar-refractivity contribution in [2.45, 2.75) is 24.7 Å². The summed E-state index contributed by atoms with van der Waals surface area (Å²) in [5.74, 6) is -7.05. The highest BCUT2D eigenvalue weighted by Crippen LogP contribution is 2.35. The van der Waals surface area contributed by atoms with Crippen LogP contribution in [0.3, 0.4) is 0 Å². The molecule has 0 aliphatic rings. The molecule has 0 aliphatic carbocycles. The fraction of sp³-hybridized carbons (Fsp3) is 0.185. The largest absolute Gasteiger partial charge is 0.487 e. The highest BCUT2D eigenvalue weighted by atomic mass is 19.4. The number of rotatable bonds is 10. The summed E-state index contributed by atoms with van der Waals surface area (Å²) in [4.78, 5) is 24.1. The Labute approximate surface area is 223 Å². The monoisotopic (exact) mass is 568 g/mol. The predicted molar refractivity (Wildman–Crippen MR) is 134 cm³/mol. The number of benzene rings is 3. The molecule has 7 nitrogen and oxygen atoms in total. The third-order valence-electron chi connectivity index (χ3n) is 5.32. The second-order valence-corrected chi connectivity index (χ2v) is 8.60. The minimum atomic E-state index is -5.75. The van der Waals surface area contributed by atoms with E-state index >= 15 is 0 Å². The van der Waals surface area contributed by atoms with Gasteiger partial charge in [-0.05, 0) is 71.8 Å². The van der Waals surface area contributed by atoms with Crippen molar-refractivity contribution in [2.24, 2.45) is 0 Å². The van der Waals surface area contributed by atoms with Gasteiger partial charge in [-0.2, -0.15) is 22.0 Å². The maximum Gasteiger partial charge on any atom is 0.425 e. The average Bonchev–Trinajstić information content (AvgIpc) is 2.87. The lowest BCUT2D eigenvalue weighted by Gasteiger charge is -2.22. The number of ether oxygens (including phenoxy) is 2. The second kappa shape index (κ2) is 12.0. The van der Waals surface area contributed by atoms with E-state index < -0.39 is 36.8 Å². The van der Waals surface area contributed by atoms with Crippen LogP contribution in [0, 0.1) is 0 Å². The van der Waals surface area contributed by atoms with Crippen LogP contribution in [0.4, 0.5) is 37.7 Å². The van der Waals surface area contributed by atoms with Crippen molar-refractivity contribution in [2.75, 3.05) is 18.1 Å². The molecule has 5 N–H and O–H groups in total. The Morgan fingerprint density at radius 2 is 1.43 bits per heavy atom. The minimum Gasteiger partial charge on any atom is -0.487 e. The zero-order valence-electron chi connectivity index (χ0n) is 20.4. The SMILES string of the molecule is Nc1cc(N)cc(CC(=Cc2ccc(OC(=O)c3ccc(OCC(F)(F)C(F)C(F)(F)F)cc3)cc2)C(=O)O)c1. The van der Waals surface area contributed by atoms with Gasteiger partial charge in [0.2, 0.25) is 0 Å². The number of carboxylic acid groups (broad SMARTS) is 1. The lowest BCUT2D eigenvalue weighted by molar-refractivity contribution is -0.250. The van der Waals surface area contributed by atoms with E-state index in [9.17, 15) is 41.0 Å². The molecule has 40 heavy (non-hydrogen) atoms. The lowest BCUT2D eigenvalue weighted by atomic mass is 10.0. The van der Waals surface area contributed by atoms with Gasteiger partial charge >= 0.3 is 24.0 Å². The van der Waals surface area contributed by atoms with Gasteiger partial charge in [-0.25, -0.2) is 14.0 Å². The maximum atomic E-state index is 13.4. The molecule has 0 spiro atoms. The molecule has 0 aromatic heterocycles. The summed E-state index contributed by atoms with van der Waals surface area (Å²) >= 11 is 0. The zero-order valence-corrected chi connectivity index (χ0v) is 20.4. The number of carboxylic acids is 1. The average molecular weight is 568 g/mol. The van der Waals surface area contributed by atoms with Gasteiger partial charge in [-0.1, -0.05) is 12.1 Å². The Balaban J connectivity index is 1.62. The fourth-order valence-electron chi connectivity index (χ4n) is 3.43. The first-order valence-corrected chi connectivity index (χ1v) is 11.4. The Morgan fingerprint density at radius 3 is 1.95 bits per heavy atom. The summed E-state index contributed by atoms with van der Waals surface area (Å²) in [5.41, 5.74) is 13.4. The smallest absolute Gasteiger partial charge is 0.425 e. The molecule has 3 rings (SSSR count). The molecule has 1 unspecified atom stereocenters. The first kappa shape index (κ1) is 29.9. The van der Waals surface area contributed by atoms with E-state index in [1.54, 1.807) is 18.2 Å². The second-order valence-electron chi connectivity index (χ2n) is 8.60. The van der Waals surface area contributed by atoms with Crippen LogP contribution in [-0.4, -0.2) is 41.9 Å². The van der Waals surface area contributed by atoms with Gasteiger partial charge in [0.1, 0.15) is 11.5 Å². The number of nitrogens with two attached hydrogens (primary N) is 2. The molecule has 0 heterocycles. The van der Waals surface area contributed by atoms with Crippen molar-refractivity contribution < 1.29 is 50.5 Å². The number of carbonyl (C=O) groups excluding carboxylic acids is 1. The van der Waals surface area contributed by atoms with Gasteiger partial charge in [0.05, 0.1) is 5.56 Å². The summed E-state index contributed by atoms with van der Waals surface area (Å²) in [5, 5.41) is 9.58. The first-order valence-electron chi connectivity index (χ1n) is 11.4. The zero-order chi connectivity index (χ0) is 29.7. The Kier molecular flexibility index (Phi) is 8.97. The van der Waals surface area contributed by atoms with E-state index in [0.29, 0.717) is 22.5 Å². The fourth-order valence-corrected chi connectivity index (χ4v) is 3.43. The number of hydrogen-bond donors (Lipinski definition) is 3. The maximum absolute atomic E-state index is 13.4. The Bertz CT molecular complexity index is 1370. The summed E-state index contributed by atoms with van der Waals surface area (Å²) in [7, 11) is 0. The van der Waals surface area contributed by atoms with E-state index in [0.717, 1.165) is 24.3 Å². The number of alkyl halides is 6. The van der Waals surface area contributed by atoms with Crippen LogP contribution in [0.1, 0.15) is 21.5 Å². The van der Waals surface area contributed by atoms with Crippen molar-refractivity contribution >= 4 is 29.4 Å². The van der Waals surface area contributed by atoms with Crippen molar-refractivity contribution in [3.05, 3.63) is 89.0 Å². The number of halogens is 6. The van der Waals surface area contributed by atoms with Crippen LogP contribution in [0.25, 0.3) is 6.08 Å². The Hall–Kier alpha value is -4.68. The molecule has 13 heteroatoms.